The van der Waals surface area contributed by atoms with E-state index in [2.05, 4.69) is 10.6 Å². The number of aliphatic carboxylic acids is 1. The number of benzene rings is 1. The van der Waals surface area contributed by atoms with Gasteiger partial charge in [-0.25, -0.2) is 4.79 Å². The molecule has 0 saturated carbocycles. The largest absolute Gasteiger partial charge is 0.480 e. The van der Waals surface area contributed by atoms with Gasteiger partial charge >= 0.3 is 5.97 Å². The van der Waals surface area contributed by atoms with Crippen LogP contribution in [0.2, 0.25) is 0 Å². The van der Waals surface area contributed by atoms with E-state index in [9.17, 15) is 34.5 Å². The van der Waals surface area contributed by atoms with Crippen LogP contribution in [-0.2, 0) is 25.6 Å². The first-order chi connectivity index (χ1) is 15.1. The molecular formula is C21H30N4O7. The summed E-state index contributed by atoms with van der Waals surface area (Å²) in [5.74, 6) is -3.49. The van der Waals surface area contributed by atoms with E-state index in [4.69, 9.17) is 5.73 Å². The molecule has 1 fully saturated rings. The number of aliphatic hydroxyl groups is 2. The molecule has 0 spiro atoms. The van der Waals surface area contributed by atoms with Gasteiger partial charge in [-0.15, -0.1) is 0 Å². The molecule has 0 bridgehead atoms. The smallest absolute Gasteiger partial charge is 0.326 e. The maximum absolute atomic E-state index is 12.7. The lowest BCUT2D eigenvalue weighted by molar-refractivity contribution is -0.150. The molecule has 7 N–H and O–H groups in total. The third-order valence-corrected chi connectivity index (χ3v) is 5.32. The number of carbonyl (C=O) groups excluding carboxylic acids is 3. The predicted molar refractivity (Wildman–Crippen MR) is 113 cm³/mol. The number of aliphatic hydroxyl groups excluding tert-OH is 2. The second-order valence-corrected chi connectivity index (χ2v) is 7.79. The molecule has 176 valence electrons. The van der Waals surface area contributed by atoms with Crippen molar-refractivity contribution in [2.45, 2.75) is 56.5 Å². The molecule has 1 aliphatic rings. The molecule has 0 aromatic heterocycles. The standard InChI is InChI=1S/C21H30N4O7/c1-12(27)17(24-18(28)14(22)10-13-6-3-2-4-7-13)19(29)23-15(11-26)20(30)25-9-5-8-16(25)21(31)32/h2-4,6-7,12,14-17,26-27H,5,8-11,22H2,1H3,(H,23,29)(H,24,28)(H,31,32). The van der Waals surface area contributed by atoms with Crippen molar-refractivity contribution in [1.82, 2.24) is 15.5 Å². The van der Waals surface area contributed by atoms with Gasteiger partial charge in [-0.3, -0.25) is 14.4 Å². The lowest BCUT2D eigenvalue weighted by Gasteiger charge is -2.28. The Morgan fingerprint density at radius 1 is 1.16 bits per heavy atom. The molecule has 5 unspecified atom stereocenters. The topological polar surface area (TPSA) is 182 Å². The number of likely N-dealkylation sites (tertiary alicyclic amines) is 1. The summed E-state index contributed by atoms with van der Waals surface area (Å²) in [4.78, 5) is 50.2. The minimum atomic E-state index is -1.43. The maximum Gasteiger partial charge on any atom is 0.326 e. The number of hydrogen-bond acceptors (Lipinski definition) is 7. The van der Waals surface area contributed by atoms with Gasteiger partial charge < -0.3 is 36.6 Å². The van der Waals surface area contributed by atoms with E-state index in [1.54, 1.807) is 24.3 Å². The van der Waals surface area contributed by atoms with Crippen LogP contribution in [0.15, 0.2) is 30.3 Å². The van der Waals surface area contributed by atoms with E-state index in [-0.39, 0.29) is 19.4 Å². The fourth-order valence-electron chi connectivity index (χ4n) is 3.56. The molecule has 0 aliphatic carbocycles. The van der Waals surface area contributed by atoms with Gasteiger partial charge in [-0.1, -0.05) is 30.3 Å². The first-order valence-electron chi connectivity index (χ1n) is 10.4. The van der Waals surface area contributed by atoms with Crippen molar-refractivity contribution < 1.29 is 34.5 Å². The molecule has 11 heteroatoms. The Hall–Kier alpha value is -3.02. The van der Waals surface area contributed by atoms with Crippen molar-refractivity contribution in [2.75, 3.05) is 13.2 Å². The van der Waals surface area contributed by atoms with E-state index in [1.807, 2.05) is 6.07 Å². The lowest BCUT2D eigenvalue weighted by atomic mass is 10.0. The van der Waals surface area contributed by atoms with Crippen LogP contribution in [0.3, 0.4) is 0 Å². The van der Waals surface area contributed by atoms with Crippen LogP contribution < -0.4 is 16.4 Å². The molecule has 32 heavy (non-hydrogen) atoms. The molecule has 3 amide bonds. The summed E-state index contributed by atoms with van der Waals surface area (Å²) >= 11 is 0. The number of nitrogens with one attached hydrogen (secondary N) is 2. The molecule has 1 heterocycles. The van der Waals surface area contributed by atoms with E-state index in [1.165, 1.54) is 6.92 Å². The van der Waals surface area contributed by atoms with Crippen molar-refractivity contribution in [3.05, 3.63) is 35.9 Å². The van der Waals surface area contributed by atoms with Gasteiger partial charge in [0.05, 0.1) is 18.8 Å². The number of amides is 3. The van der Waals surface area contributed by atoms with Crippen LogP contribution >= 0.6 is 0 Å². The molecule has 11 nitrogen and oxygen atoms in total. The number of nitrogens with two attached hydrogens (primary N) is 1. The third kappa shape index (κ3) is 6.49. The fourth-order valence-corrected chi connectivity index (χ4v) is 3.56. The van der Waals surface area contributed by atoms with E-state index >= 15 is 0 Å². The summed E-state index contributed by atoms with van der Waals surface area (Å²) in [6.45, 7) is 0.693. The number of carboxylic acids is 1. The Morgan fingerprint density at radius 2 is 1.81 bits per heavy atom. The minimum absolute atomic E-state index is 0.188. The second kappa shape index (κ2) is 11.6. The molecule has 5 atom stereocenters. The van der Waals surface area contributed by atoms with E-state index in [0.717, 1.165) is 10.5 Å². The van der Waals surface area contributed by atoms with Crippen LogP contribution in [-0.4, -0.2) is 87.3 Å². The number of rotatable bonds is 10. The fraction of sp³-hybridized carbons (Fsp3) is 0.524. The molecule has 1 saturated heterocycles. The Kier molecular flexibility index (Phi) is 9.12. The zero-order chi connectivity index (χ0) is 23.8. The maximum atomic E-state index is 12.7. The zero-order valence-corrected chi connectivity index (χ0v) is 17.8. The lowest BCUT2D eigenvalue weighted by Crippen LogP contribution is -2.60. The SMILES string of the molecule is CC(O)C(NC(=O)C(N)Cc1ccccc1)C(=O)NC(CO)C(=O)N1CCCC1C(=O)O. The van der Waals surface area contributed by atoms with Crippen LogP contribution in [0.1, 0.15) is 25.3 Å². The highest BCUT2D eigenvalue weighted by Crippen LogP contribution is 2.18. The average Bonchev–Trinajstić information content (AvgIpc) is 3.25. The predicted octanol–water partition coefficient (Wildman–Crippen LogP) is -2.03. The number of hydrogen-bond donors (Lipinski definition) is 6. The zero-order valence-electron chi connectivity index (χ0n) is 17.8. The molecular weight excluding hydrogens is 420 g/mol. The first-order valence-corrected chi connectivity index (χ1v) is 10.4. The van der Waals surface area contributed by atoms with Crippen LogP contribution in [0.4, 0.5) is 0 Å². The first kappa shape index (κ1) is 25.2. The van der Waals surface area contributed by atoms with Crippen molar-refractivity contribution >= 4 is 23.7 Å². The van der Waals surface area contributed by atoms with E-state index < -0.39 is 60.6 Å². The van der Waals surface area contributed by atoms with Gasteiger partial charge in [0.2, 0.25) is 17.7 Å². The minimum Gasteiger partial charge on any atom is -0.480 e. The molecule has 1 aromatic rings. The van der Waals surface area contributed by atoms with Gasteiger partial charge in [0.15, 0.2) is 0 Å². The summed E-state index contributed by atoms with van der Waals surface area (Å²) < 4.78 is 0. The van der Waals surface area contributed by atoms with Gasteiger partial charge in [-0.05, 0) is 31.7 Å². The summed E-state index contributed by atoms with van der Waals surface area (Å²) in [5.41, 5.74) is 6.74. The molecule has 1 aromatic carbocycles. The van der Waals surface area contributed by atoms with Crippen LogP contribution in [0.25, 0.3) is 0 Å². The Labute approximate surface area is 185 Å². The highest BCUT2D eigenvalue weighted by molar-refractivity contribution is 5.94. The normalized spacial score (nSPS) is 19.5. The summed E-state index contributed by atoms with van der Waals surface area (Å²) in [6, 6.07) is 4.15. The van der Waals surface area contributed by atoms with Gasteiger partial charge in [0.25, 0.3) is 0 Å². The molecule has 0 radical (unpaired) electrons. The van der Waals surface area contributed by atoms with Crippen molar-refractivity contribution in [3.63, 3.8) is 0 Å². The van der Waals surface area contributed by atoms with Crippen LogP contribution in [0, 0.1) is 0 Å². The Bertz CT molecular complexity index is 818. The quantitative estimate of drug-likeness (QED) is 0.236. The van der Waals surface area contributed by atoms with Crippen LogP contribution in [0.5, 0.6) is 0 Å². The summed E-state index contributed by atoms with van der Waals surface area (Å²) in [5, 5.41) is 33.5. The monoisotopic (exact) mass is 450 g/mol. The van der Waals surface area contributed by atoms with Gasteiger partial charge in [0, 0.05) is 6.54 Å². The number of carboxylic acid groups (broad SMARTS) is 1. The summed E-state index contributed by atoms with van der Waals surface area (Å²) in [7, 11) is 0. The number of carbonyl (C=O) groups is 4. The van der Waals surface area contributed by atoms with Gasteiger partial charge in [0.1, 0.15) is 18.1 Å². The molecule has 1 aliphatic heterocycles. The van der Waals surface area contributed by atoms with Crippen molar-refractivity contribution in [3.8, 4) is 0 Å². The average molecular weight is 450 g/mol. The highest BCUT2D eigenvalue weighted by atomic mass is 16.4. The second-order valence-electron chi connectivity index (χ2n) is 7.79. The van der Waals surface area contributed by atoms with E-state index in [0.29, 0.717) is 6.42 Å². The highest BCUT2D eigenvalue weighted by Gasteiger charge is 2.38. The Morgan fingerprint density at radius 3 is 2.38 bits per heavy atom. The Balaban J connectivity index is 2.02. The number of nitrogens with zero attached hydrogens (tertiary/aromatic N) is 1. The van der Waals surface area contributed by atoms with Gasteiger partial charge in [-0.2, -0.15) is 0 Å². The summed E-state index contributed by atoms with van der Waals surface area (Å²) in [6.07, 6.45) is -0.348. The van der Waals surface area contributed by atoms with Crippen molar-refractivity contribution in [2.24, 2.45) is 5.73 Å². The van der Waals surface area contributed by atoms with Crippen molar-refractivity contribution in [1.29, 1.82) is 0 Å². The third-order valence-electron chi connectivity index (χ3n) is 5.32. The molecule has 2 rings (SSSR count).